The molecule has 1 saturated heterocycles. The van der Waals surface area contributed by atoms with Crippen molar-refractivity contribution < 1.29 is 23.0 Å². The summed E-state index contributed by atoms with van der Waals surface area (Å²) in [5.74, 6) is -1.22. The minimum Gasteiger partial charge on any atom is -0.494 e. The molecule has 1 N–H and O–H groups in total. The maximum Gasteiger partial charge on any atom is 0.254 e. The van der Waals surface area contributed by atoms with Gasteiger partial charge in [-0.05, 0) is 55.7 Å². The Hall–Kier alpha value is -2.47. The first-order valence-electron chi connectivity index (χ1n) is 9.08. The lowest BCUT2D eigenvalue weighted by molar-refractivity contribution is 0.0486. The minimum absolute atomic E-state index is 0.288. The summed E-state index contributed by atoms with van der Waals surface area (Å²) in [5.41, 5.74) is 0.459. The number of hydrogen-bond acceptors (Lipinski definition) is 3. The van der Waals surface area contributed by atoms with Gasteiger partial charge >= 0.3 is 0 Å². The summed E-state index contributed by atoms with van der Waals surface area (Å²) in [6.07, 6.45) is 1.46. The summed E-state index contributed by atoms with van der Waals surface area (Å²) in [6, 6.07) is 10.7. The third kappa shape index (κ3) is 4.45. The summed E-state index contributed by atoms with van der Waals surface area (Å²) >= 11 is 0. The van der Waals surface area contributed by atoms with Crippen LogP contribution in [0.2, 0.25) is 0 Å². The van der Waals surface area contributed by atoms with Crippen LogP contribution in [0.4, 0.5) is 8.78 Å². The van der Waals surface area contributed by atoms with Crippen LogP contribution >= 0.6 is 0 Å². The molecule has 1 heterocycles. The van der Waals surface area contributed by atoms with E-state index in [0.717, 1.165) is 42.4 Å². The van der Waals surface area contributed by atoms with Crippen LogP contribution in [0.15, 0.2) is 42.5 Å². The summed E-state index contributed by atoms with van der Waals surface area (Å²) in [5, 5.41) is 2.78. The lowest BCUT2D eigenvalue weighted by Crippen LogP contribution is -2.44. The Morgan fingerprint density at radius 2 is 1.85 bits per heavy atom. The van der Waals surface area contributed by atoms with E-state index in [2.05, 4.69) is 5.32 Å². The van der Waals surface area contributed by atoms with Crippen LogP contribution < -0.4 is 10.1 Å². The highest BCUT2D eigenvalue weighted by Gasteiger charge is 2.35. The van der Waals surface area contributed by atoms with E-state index in [1.807, 2.05) is 31.2 Å². The van der Waals surface area contributed by atoms with E-state index in [1.165, 1.54) is 0 Å². The minimum atomic E-state index is -0.740. The maximum atomic E-state index is 13.9. The standard InChI is InChI=1S/C21H23F2NO3/c1-2-27-17-6-3-15(4-7-17)21(9-11-26-12-10-21)14-24-20(25)18-13-16(22)5-8-19(18)23/h3-8,13H,2,9-12,14H2,1H3,(H,24,25). The van der Waals surface area contributed by atoms with Gasteiger partial charge in [0.05, 0.1) is 12.2 Å². The number of carbonyl (C=O) groups excluding carboxylic acids is 1. The normalized spacial score (nSPS) is 16.0. The first-order valence-corrected chi connectivity index (χ1v) is 9.08. The molecule has 0 aromatic heterocycles. The van der Waals surface area contributed by atoms with Crippen LogP contribution in [0.5, 0.6) is 5.75 Å². The lowest BCUT2D eigenvalue weighted by atomic mass is 9.74. The molecule has 2 aromatic rings. The second-order valence-corrected chi connectivity index (χ2v) is 6.66. The number of amides is 1. The summed E-state index contributed by atoms with van der Waals surface area (Å²) in [7, 11) is 0. The third-order valence-electron chi connectivity index (χ3n) is 4.99. The van der Waals surface area contributed by atoms with Crippen molar-refractivity contribution in [2.24, 2.45) is 0 Å². The average Bonchev–Trinajstić information content (AvgIpc) is 2.69. The van der Waals surface area contributed by atoms with E-state index in [9.17, 15) is 13.6 Å². The van der Waals surface area contributed by atoms with Gasteiger partial charge in [-0.1, -0.05) is 12.1 Å². The summed E-state index contributed by atoms with van der Waals surface area (Å²) in [4.78, 5) is 12.4. The molecule has 0 unspecified atom stereocenters. The van der Waals surface area contributed by atoms with E-state index in [4.69, 9.17) is 9.47 Å². The largest absolute Gasteiger partial charge is 0.494 e. The molecule has 4 nitrogen and oxygen atoms in total. The molecule has 1 aliphatic rings. The van der Waals surface area contributed by atoms with Crippen molar-refractivity contribution in [1.29, 1.82) is 0 Å². The van der Waals surface area contributed by atoms with Gasteiger partial charge in [-0.25, -0.2) is 8.78 Å². The van der Waals surface area contributed by atoms with E-state index in [-0.39, 0.29) is 11.0 Å². The van der Waals surface area contributed by atoms with Gasteiger partial charge in [0.2, 0.25) is 0 Å². The van der Waals surface area contributed by atoms with Gasteiger partial charge in [0, 0.05) is 25.2 Å². The van der Waals surface area contributed by atoms with Gasteiger partial charge in [0.1, 0.15) is 17.4 Å². The predicted molar refractivity (Wildman–Crippen MR) is 98.0 cm³/mol. The number of ether oxygens (including phenoxy) is 2. The van der Waals surface area contributed by atoms with Crippen LogP contribution in [-0.2, 0) is 10.2 Å². The molecule has 2 aromatic carbocycles. The summed E-state index contributed by atoms with van der Waals surface area (Å²) < 4.78 is 38.2. The molecule has 0 bridgehead atoms. The molecule has 0 radical (unpaired) electrons. The molecule has 0 spiro atoms. The monoisotopic (exact) mass is 375 g/mol. The Morgan fingerprint density at radius 1 is 1.15 bits per heavy atom. The Bertz CT molecular complexity index is 787. The maximum absolute atomic E-state index is 13.9. The lowest BCUT2D eigenvalue weighted by Gasteiger charge is -2.38. The van der Waals surface area contributed by atoms with E-state index < -0.39 is 17.5 Å². The molecule has 6 heteroatoms. The Labute approximate surface area is 157 Å². The van der Waals surface area contributed by atoms with Crippen molar-refractivity contribution >= 4 is 5.91 Å². The Morgan fingerprint density at radius 3 is 2.52 bits per heavy atom. The number of rotatable bonds is 6. The molecular weight excluding hydrogens is 352 g/mol. The zero-order valence-corrected chi connectivity index (χ0v) is 15.3. The molecule has 1 amide bonds. The van der Waals surface area contributed by atoms with Crippen LogP contribution in [0.1, 0.15) is 35.7 Å². The smallest absolute Gasteiger partial charge is 0.254 e. The van der Waals surface area contributed by atoms with E-state index in [0.29, 0.717) is 26.4 Å². The first-order chi connectivity index (χ1) is 13.0. The molecule has 0 atom stereocenters. The van der Waals surface area contributed by atoms with Crippen molar-refractivity contribution in [2.75, 3.05) is 26.4 Å². The number of benzene rings is 2. The van der Waals surface area contributed by atoms with Crippen LogP contribution in [-0.4, -0.2) is 32.3 Å². The van der Waals surface area contributed by atoms with Crippen LogP contribution in [0.3, 0.4) is 0 Å². The SMILES string of the molecule is CCOc1ccc(C2(CNC(=O)c3cc(F)ccc3F)CCOCC2)cc1. The topological polar surface area (TPSA) is 47.6 Å². The fraction of sp³-hybridized carbons (Fsp3) is 0.381. The van der Waals surface area contributed by atoms with Crippen molar-refractivity contribution in [3.8, 4) is 5.75 Å². The quantitative estimate of drug-likeness (QED) is 0.835. The molecule has 0 saturated carbocycles. The number of carbonyl (C=O) groups is 1. The molecule has 1 aliphatic heterocycles. The van der Waals surface area contributed by atoms with Gasteiger partial charge in [-0.2, -0.15) is 0 Å². The van der Waals surface area contributed by atoms with Gasteiger partial charge < -0.3 is 14.8 Å². The third-order valence-corrected chi connectivity index (χ3v) is 4.99. The average molecular weight is 375 g/mol. The first kappa shape index (κ1) is 19.3. The molecule has 27 heavy (non-hydrogen) atoms. The van der Waals surface area contributed by atoms with Gasteiger partial charge in [-0.15, -0.1) is 0 Å². The molecule has 144 valence electrons. The predicted octanol–water partition coefficient (Wildman–Crippen LogP) is 3.84. The van der Waals surface area contributed by atoms with Gasteiger partial charge in [0.25, 0.3) is 5.91 Å². The fourth-order valence-electron chi connectivity index (χ4n) is 3.42. The zero-order valence-electron chi connectivity index (χ0n) is 15.3. The highest BCUT2D eigenvalue weighted by atomic mass is 19.1. The van der Waals surface area contributed by atoms with Crippen LogP contribution in [0.25, 0.3) is 0 Å². The van der Waals surface area contributed by atoms with E-state index >= 15 is 0 Å². The molecular formula is C21H23F2NO3. The number of halogens is 2. The molecule has 3 rings (SSSR count). The highest BCUT2D eigenvalue weighted by molar-refractivity contribution is 5.94. The Kier molecular flexibility index (Phi) is 6.06. The van der Waals surface area contributed by atoms with Crippen LogP contribution in [0, 0.1) is 11.6 Å². The Balaban J connectivity index is 1.78. The molecule has 1 fully saturated rings. The molecule has 0 aliphatic carbocycles. The number of hydrogen-bond donors (Lipinski definition) is 1. The van der Waals surface area contributed by atoms with Gasteiger partial charge in [0.15, 0.2) is 0 Å². The fourth-order valence-corrected chi connectivity index (χ4v) is 3.42. The second kappa shape index (κ2) is 8.48. The number of nitrogens with one attached hydrogen (secondary N) is 1. The van der Waals surface area contributed by atoms with Crippen molar-refractivity contribution in [3.05, 3.63) is 65.2 Å². The van der Waals surface area contributed by atoms with Gasteiger partial charge in [-0.3, -0.25) is 4.79 Å². The second-order valence-electron chi connectivity index (χ2n) is 6.66. The van der Waals surface area contributed by atoms with Crippen molar-refractivity contribution in [1.82, 2.24) is 5.32 Å². The highest BCUT2D eigenvalue weighted by Crippen LogP contribution is 2.35. The zero-order chi connectivity index (χ0) is 19.3. The summed E-state index contributed by atoms with van der Waals surface area (Å²) in [6.45, 7) is 4.00. The van der Waals surface area contributed by atoms with E-state index in [1.54, 1.807) is 0 Å². The van der Waals surface area contributed by atoms with Crippen molar-refractivity contribution in [2.45, 2.75) is 25.2 Å². The van der Waals surface area contributed by atoms with Crippen molar-refractivity contribution in [3.63, 3.8) is 0 Å².